The lowest BCUT2D eigenvalue weighted by molar-refractivity contribution is -0.113. The number of hydrogen-bond donors (Lipinski definition) is 1. The highest BCUT2D eigenvalue weighted by Crippen LogP contribution is 2.30. The van der Waals surface area contributed by atoms with Crippen molar-refractivity contribution in [3.8, 4) is 0 Å². The summed E-state index contributed by atoms with van der Waals surface area (Å²) >= 11 is 1.35. The number of sulfonamides is 1. The minimum Gasteiger partial charge on any atom is -0.379 e. The molecule has 0 radical (unpaired) electrons. The average Bonchev–Trinajstić information content (AvgIpc) is 3.21. The van der Waals surface area contributed by atoms with Crippen LogP contribution >= 0.6 is 11.8 Å². The fraction of sp³-hybridized carbons (Fsp3) is 0.440. The van der Waals surface area contributed by atoms with Gasteiger partial charge in [0.2, 0.25) is 15.9 Å². The van der Waals surface area contributed by atoms with Gasteiger partial charge in [0.05, 0.1) is 34.9 Å². The number of thioether (sulfide) groups is 1. The molecule has 0 bridgehead atoms. The summed E-state index contributed by atoms with van der Waals surface area (Å²) in [4.78, 5) is 17.7. The molecule has 10 heteroatoms. The van der Waals surface area contributed by atoms with Crippen LogP contribution in [0.4, 0.5) is 5.69 Å². The number of anilines is 1. The van der Waals surface area contributed by atoms with Gasteiger partial charge in [0.25, 0.3) is 0 Å². The molecule has 188 valence electrons. The Labute approximate surface area is 211 Å². The third kappa shape index (κ3) is 5.40. The second kappa shape index (κ2) is 10.7. The smallest absolute Gasteiger partial charge is 0.243 e. The first-order valence-electron chi connectivity index (χ1n) is 11.8. The maximum absolute atomic E-state index is 13.1. The number of carbonyl (C=O) groups excluding carboxylic acids is 1. The molecule has 4 rings (SSSR count). The summed E-state index contributed by atoms with van der Waals surface area (Å²) in [5.41, 5.74) is 4.46. The van der Waals surface area contributed by atoms with E-state index in [4.69, 9.17) is 4.74 Å². The molecule has 2 aromatic carbocycles. The molecule has 0 saturated carbocycles. The van der Waals surface area contributed by atoms with E-state index in [2.05, 4.69) is 24.1 Å². The Balaban J connectivity index is 1.53. The number of nitrogens with one attached hydrogen (secondary N) is 1. The molecule has 1 aliphatic rings. The van der Waals surface area contributed by atoms with E-state index in [9.17, 15) is 13.2 Å². The van der Waals surface area contributed by atoms with Crippen LogP contribution in [0.25, 0.3) is 11.0 Å². The van der Waals surface area contributed by atoms with Gasteiger partial charge in [0, 0.05) is 25.3 Å². The molecule has 0 aliphatic carbocycles. The fourth-order valence-electron chi connectivity index (χ4n) is 4.25. The Morgan fingerprint density at radius 3 is 2.63 bits per heavy atom. The molecule has 1 saturated heterocycles. The number of ether oxygens (including phenoxy) is 1. The highest BCUT2D eigenvalue weighted by molar-refractivity contribution is 7.99. The number of rotatable bonds is 8. The lowest BCUT2D eigenvalue weighted by atomic mass is 9.98. The van der Waals surface area contributed by atoms with Gasteiger partial charge in [-0.15, -0.1) is 0 Å². The SMILES string of the molecule is CCn1c(SCC(=O)Nc2c(C)cccc2C(C)C)nc2cc(S(=O)(=O)N3CCOCC3)ccc21. The first-order chi connectivity index (χ1) is 16.7. The summed E-state index contributed by atoms with van der Waals surface area (Å²) < 4.78 is 34.9. The first kappa shape index (κ1) is 25.7. The zero-order chi connectivity index (χ0) is 25.2. The number of carbonyl (C=O) groups is 1. The van der Waals surface area contributed by atoms with Crippen molar-refractivity contribution in [2.75, 3.05) is 37.4 Å². The van der Waals surface area contributed by atoms with Gasteiger partial charge in [-0.1, -0.05) is 43.8 Å². The standard InChI is InChI=1S/C25H32N4O4S2/c1-5-29-22-10-9-19(35(31,32)28-11-13-33-14-12-28)15-21(22)26-25(29)34-16-23(30)27-24-18(4)7-6-8-20(24)17(2)3/h6-10,15,17H,5,11-14,16H2,1-4H3,(H,27,30). The average molecular weight is 517 g/mol. The zero-order valence-electron chi connectivity index (χ0n) is 20.6. The summed E-state index contributed by atoms with van der Waals surface area (Å²) in [5, 5.41) is 3.76. The molecular weight excluding hydrogens is 484 g/mol. The number of benzene rings is 2. The molecule has 1 aromatic heterocycles. The van der Waals surface area contributed by atoms with Gasteiger partial charge in [-0.3, -0.25) is 4.79 Å². The van der Waals surface area contributed by atoms with Crippen molar-refractivity contribution in [1.29, 1.82) is 0 Å². The monoisotopic (exact) mass is 516 g/mol. The van der Waals surface area contributed by atoms with Gasteiger partial charge >= 0.3 is 0 Å². The van der Waals surface area contributed by atoms with E-state index in [0.717, 1.165) is 22.3 Å². The number of imidazole rings is 1. The van der Waals surface area contributed by atoms with Crippen molar-refractivity contribution < 1.29 is 17.9 Å². The predicted molar refractivity (Wildman–Crippen MR) is 140 cm³/mol. The Morgan fingerprint density at radius 2 is 1.94 bits per heavy atom. The minimum atomic E-state index is -3.61. The van der Waals surface area contributed by atoms with Crippen molar-refractivity contribution in [2.45, 2.75) is 50.2 Å². The summed E-state index contributed by atoms with van der Waals surface area (Å²) in [6.07, 6.45) is 0. The van der Waals surface area contributed by atoms with Crippen molar-refractivity contribution >= 4 is 44.4 Å². The molecular formula is C25H32N4O4S2. The zero-order valence-corrected chi connectivity index (χ0v) is 22.2. The van der Waals surface area contributed by atoms with Crippen LogP contribution in [0.1, 0.15) is 37.8 Å². The van der Waals surface area contributed by atoms with Gasteiger partial charge in [-0.2, -0.15) is 4.31 Å². The van der Waals surface area contributed by atoms with Crippen LogP contribution in [0.15, 0.2) is 46.5 Å². The van der Waals surface area contributed by atoms with E-state index in [1.165, 1.54) is 16.1 Å². The van der Waals surface area contributed by atoms with Crippen LogP contribution < -0.4 is 5.32 Å². The molecule has 0 atom stereocenters. The fourth-order valence-corrected chi connectivity index (χ4v) is 6.55. The first-order valence-corrected chi connectivity index (χ1v) is 14.2. The van der Waals surface area contributed by atoms with Gasteiger partial charge in [0.15, 0.2) is 5.16 Å². The molecule has 1 aliphatic heterocycles. The van der Waals surface area contributed by atoms with E-state index in [-0.39, 0.29) is 16.6 Å². The molecule has 2 heterocycles. The minimum absolute atomic E-state index is 0.100. The third-order valence-electron chi connectivity index (χ3n) is 6.13. The molecule has 1 amide bonds. The number of hydrogen-bond acceptors (Lipinski definition) is 6. The Morgan fingerprint density at radius 1 is 1.20 bits per heavy atom. The van der Waals surface area contributed by atoms with Gasteiger partial charge in [-0.25, -0.2) is 13.4 Å². The largest absolute Gasteiger partial charge is 0.379 e. The van der Waals surface area contributed by atoms with Crippen molar-refractivity contribution in [2.24, 2.45) is 0 Å². The third-order valence-corrected chi connectivity index (χ3v) is 9.00. The van der Waals surface area contributed by atoms with Crippen LogP contribution in [0.2, 0.25) is 0 Å². The maximum atomic E-state index is 13.1. The molecule has 3 aromatic rings. The number of aromatic nitrogens is 2. The Hall–Kier alpha value is -2.40. The van der Waals surface area contributed by atoms with Gasteiger partial charge < -0.3 is 14.6 Å². The highest BCUT2D eigenvalue weighted by Gasteiger charge is 2.27. The number of fused-ring (bicyclic) bond motifs is 1. The van der Waals surface area contributed by atoms with Crippen LogP contribution in [0.3, 0.4) is 0 Å². The number of morpholine rings is 1. The van der Waals surface area contributed by atoms with Crippen LogP contribution in [0, 0.1) is 6.92 Å². The summed E-state index contributed by atoms with van der Waals surface area (Å²) in [7, 11) is -3.61. The lowest BCUT2D eigenvalue weighted by Gasteiger charge is -2.26. The molecule has 0 unspecified atom stereocenters. The van der Waals surface area contributed by atoms with Gasteiger partial charge in [-0.05, 0) is 49.1 Å². The molecule has 0 spiro atoms. The summed E-state index contributed by atoms with van der Waals surface area (Å²) in [6.45, 7) is 10.4. The second-order valence-electron chi connectivity index (χ2n) is 8.84. The number of nitrogens with zero attached hydrogens (tertiary/aromatic N) is 3. The van der Waals surface area contributed by atoms with Gasteiger partial charge in [0.1, 0.15) is 0 Å². The van der Waals surface area contributed by atoms with Crippen molar-refractivity contribution in [1.82, 2.24) is 13.9 Å². The van der Waals surface area contributed by atoms with Crippen LogP contribution in [0.5, 0.6) is 0 Å². The van der Waals surface area contributed by atoms with E-state index in [1.54, 1.807) is 18.2 Å². The van der Waals surface area contributed by atoms with E-state index >= 15 is 0 Å². The maximum Gasteiger partial charge on any atom is 0.243 e. The summed E-state index contributed by atoms with van der Waals surface area (Å²) in [6, 6.07) is 11.1. The predicted octanol–water partition coefficient (Wildman–Crippen LogP) is 4.24. The molecule has 35 heavy (non-hydrogen) atoms. The van der Waals surface area contributed by atoms with Crippen LogP contribution in [-0.4, -0.2) is 60.2 Å². The molecule has 1 fully saturated rings. The topological polar surface area (TPSA) is 93.5 Å². The Bertz CT molecular complexity index is 1330. The summed E-state index contributed by atoms with van der Waals surface area (Å²) in [5.74, 6) is 0.398. The van der Waals surface area contributed by atoms with Crippen LogP contribution in [-0.2, 0) is 26.1 Å². The van der Waals surface area contributed by atoms with E-state index in [0.29, 0.717) is 49.4 Å². The van der Waals surface area contributed by atoms with Crippen molar-refractivity contribution in [3.05, 3.63) is 47.5 Å². The van der Waals surface area contributed by atoms with E-state index < -0.39 is 10.0 Å². The molecule has 8 nitrogen and oxygen atoms in total. The lowest BCUT2D eigenvalue weighted by Crippen LogP contribution is -2.40. The normalized spacial score (nSPS) is 15.1. The number of para-hydroxylation sites is 1. The quantitative estimate of drug-likeness (QED) is 0.450. The second-order valence-corrected chi connectivity index (χ2v) is 11.7. The molecule has 1 N–H and O–H groups in total. The van der Waals surface area contributed by atoms with Crippen molar-refractivity contribution in [3.63, 3.8) is 0 Å². The number of aryl methyl sites for hydroxylation is 2. The Kier molecular flexibility index (Phi) is 7.85. The number of amides is 1. The van der Waals surface area contributed by atoms with E-state index in [1.807, 2.05) is 36.6 Å². The highest BCUT2D eigenvalue weighted by atomic mass is 32.2.